The molecule has 0 aliphatic carbocycles. The van der Waals surface area contributed by atoms with Crippen LogP contribution < -0.4 is 11.1 Å². The van der Waals surface area contributed by atoms with E-state index >= 15 is 0 Å². The lowest BCUT2D eigenvalue weighted by molar-refractivity contribution is -0.123. The monoisotopic (exact) mass is 257 g/mol. The van der Waals surface area contributed by atoms with E-state index in [1.807, 2.05) is 37.3 Å². The minimum atomic E-state index is -0.364. The van der Waals surface area contributed by atoms with Gasteiger partial charge in [-0.2, -0.15) is 10.1 Å². The van der Waals surface area contributed by atoms with Gasteiger partial charge in [-0.1, -0.05) is 30.3 Å². The number of carbonyl (C=O) groups is 1. The highest BCUT2D eigenvalue weighted by Crippen LogP contribution is 2.35. The van der Waals surface area contributed by atoms with Gasteiger partial charge in [0, 0.05) is 6.04 Å². The van der Waals surface area contributed by atoms with Crippen molar-refractivity contribution < 1.29 is 4.79 Å². The summed E-state index contributed by atoms with van der Waals surface area (Å²) in [6, 6.07) is 9.48. The number of fused-ring (bicyclic) bond motifs is 1. The third kappa shape index (κ3) is 1.85. The van der Waals surface area contributed by atoms with E-state index in [9.17, 15) is 4.79 Å². The van der Waals surface area contributed by atoms with Crippen LogP contribution in [0.3, 0.4) is 0 Å². The van der Waals surface area contributed by atoms with Gasteiger partial charge in [0.2, 0.25) is 11.9 Å². The molecule has 19 heavy (non-hydrogen) atoms. The summed E-state index contributed by atoms with van der Waals surface area (Å²) >= 11 is 0. The number of amides is 1. The molecule has 2 heterocycles. The molecule has 1 aromatic carbocycles. The Morgan fingerprint density at radius 3 is 2.79 bits per heavy atom. The van der Waals surface area contributed by atoms with Crippen LogP contribution in [0.1, 0.15) is 18.5 Å². The number of rotatable bonds is 2. The molecular weight excluding hydrogens is 242 g/mol. The molecule has 6 nitrogen and oxygen atoms in total. The van der Waals surface area contributed by atoms with E-state index in [1.165, 1.54) is 6.33 Å². The zero-order valence-electron chi connectivity index (χ0n) is 10.5. The first kappa shape index (κ1) is 11.7. The first-order valence-electron chi connectivity index (χ1n) is 6.19. The normalized spacial score (nSPS) is 25.4. The minimum absolute atomic E-state index is 0.0839. The van der Waals surface area contributed by atoms with Crippen molar-refractivity contribution in [2.75, 3.05) is 5.32 Å². The summed E-state index contributed by atoms with van der Waals surface area (Å²) in [4.78, 5) is 16.0. The Morgan fingerprint density at radius 1 is 1.37 bits per heavy atom. The van der Waals surface area contributed by atoms with Gasteiger partial charge in [0.1, 0.15) is 6.33 Å². The summed E-state index contributed by atoms with van der Waals surface area (Å²) in [6.07, 6.45) is 1.48. The van der Waals surface area contributed by atoms with E-state index < -0.39 is 0 Å². The van der Waals surface area contributed by atoms with E-state index in [1.54, 1.807) is 4.68 Å². The predicted molar refractivity (Wildman–Crippen MR) is 70.4 cm³/mol. The molecular formula is C13H15N5O. The maximum atomic E-state index is 11.8. The van der Waals surface area contributed by atoms with Crippen LogP contribution in [0, 0.1) is 5.92 Å². The maximum Gasteiger partial charge on any atom is 0.225 e. The van der Waals surface area contributed by atoms with Crippen molar-refractivity contribution in [2.45, 2.75) is 19.0 Å². The van der Waals surface area contributed by atoms with E-state index in [2.05, 4.69) is 15.4 Å². The summed E-state index contributed by atoms with van der Waals surface area (Å²) in [5.74, 6) is -0.0366. The van der Waals surface area contributed by atoms with Crippen LogP contribution in [-0.4, -0.2) is 26.7 Å². The molecule has 3 N–H and O–H groups in total. The van der Waals surface area contributed by atoms with E-state index in [4.69, 9.17) is 5.73 Å². The largest absolute Gasteiger partial charge is 0.369 e. The first-order valence-corrected chi connectivity index (χ1v) is 6.19. The molecule has 1 aliphatic heterocycles. The topological polar surface area (TPSA) is 85.8 Å². The van der Waals surface area contributed by atoms with Crippen LogP contribution in [0.15, 0.2) is 36.7 Å². The van der Waals surface area contributed by atoms with Crippen LogP contribution in [0.25, 0.3) is 0 Å². The van der Waals surface area contributed by atoms with Gasteiger partial charge >= 0.3 is 0 Å². The number of nitrogens with two attached hydrogens (primary N) is 1. The lowest BCUT2D eigenvalue weighted by Crippen LogP contribution is -2.47. The molecule has 3 rings (SSSR count). The molecule has 1 aromatic heterocycles. The standard InChI is InChI=1S/C13H15N5O/c1-8-10(12(14)19)11(9-5-3-2-4-6-9)18-13(17-8)15-7-16-18/h2-8,10-11H,1H3,(H2,14,19)(H,15,16,17)/t8-,10-,11+/m0/s1. The molecule has 2 aromatic rings. The van der Waals surface area contributed by atoms with Crippen molar-refractivity contribution in [2.24, 2.45) is 11.7 Å². The molecule has 0 saturated carbocycles. The molecule has 0 saturated heterocycles. The molecule has 0 bridgehead atoms. The van der Waals surface area contributed by atoms with Crippen LogP contribution >= 0.6 is 0 Å². The van der Waals surface area contributed by atoms with Crippen LogP contribution in [0.5, 0.6) is 0 Å². The zero-order chi connectivity index (χ0) is 13.4. The Labute approximate surface area is 110 Å². The molecule has 1 aliphatic rings. The van der Waals surface area contributed by atoms with Crippen LogP contribution in [0.4, 0.5) is 5.95 Å². The maximum absolute atomic E-state index is 11.8. The number of hydrogen-bond donors (Lipinski definition) is 2. The van der Waals surface area contributed by atoms with Gasteiger partial charge in [-0.05, 0) is 12.5 Å². The van der Waals surface area contributed by atoms with E-state index in [0.29, 0.717) is 5.95 Å². The SMILES string of the molecule is C[C@@H]1Nc2ncnn2[C@H](c2ccccc2)[C@H]1C(N)=O. The Kier molecular flexibility index (Phi) is 2.70. The van der Waals surface area contributed by atoms with Crippen LogP contribution in [-0.2, 0) is 4.79 Å². The summed E-state index contributed by atoms with van der Waals surface area (Å²) in [6.45, 7) is 1.93. The van der Waals surface area contributed by atoms with Crippen LogP contribution in [0.2, 0.25) is 0 Å². The smallest absolute Gasteiger partial charge is 0.225 e. The van der Waals surface area contributed by atoms with Gasteiger partial charge in [-0.15, -0.1) is 0 Å². The second-order valence-electron chi connectivity index (χ2n) is 4.74. The predicted octanol–water partition coefficient (Wildman–Crippen LogP) is 0.783. The number of benzene rings is 1. The first-order chi connectivity index (χ1) is 9.18. The average molecular weight is 257 g/mol. The molecule has 6 heteroatoms. The number of nitrogens with one attached hydrogen (secondary N) is 1. The van der Waals surface area contributed by atoms with Gasteiger partial charge in [0.15, 0.2) is 0 Å². The molecule has 3 atom stereocenters. The van der Waals surface area contributed by atoms with Crippen molar-refractivity contribution >= 4 is 11.9 Å². The van der Waals surface area contributed by atoms with Gasteiger partial charge in [0.25, 0.3) is 0 Å². The number of carbonyl (C=O) groups excluding carboxylic acids is 1. The summed E-state index contributed by atoms with van der Waals surface area (Å²) in [5, 5.41) is 7.38. The summed E-state index contributed by atoms with van der Waals surface area (Å²) in [5.41, 5.74) is 6.58. The van der Waals surface area contributed by atoms with Crippen molar-refractivity contribution in [3.8, 4) is 0 Å². The van der Waals surface area contributed by atoms with Crippen molar-refractivity contribution in [3.05, 3.63) is 42.2 Å². The molecule has 0 spiro atoms. The number of primary amides is 1. The second-order valence-corrected chi connectivity index (χ2v) is 4.74. The lowest BCUT2D eigenvalue weighted by atomic mass is 9.86. The van der Waals surface area contributed by atoms with Crippen molar-refractivity contribution in [1.29, 1.82) is 0 Å². The summed E-state index contributed by atoms with van der Waals surface area (Å²) in [7, 11) is 0. The minimum Gasteiger partial charge on any atom is -0.369 e. The number of hydrogen-bond acceptors (Lipinski definition) is 4. The highest BCUT2D eigenvalue weighted by Gasteiger charge is 2.40. The average Bonchev–Trinajstić information content (AvgIpc) is 2.85. The van der Waals surface area contributed by atoms with Crippen molar-refractivity contribution in [1.82, 2.24) is 14.8 Å². The zero-order valence-corrected chi connectivity index (χ0v) is 10.5. The molecule has 0 radical (unpaired) electrons. The molecule has 1 amide bonds. The fourth-order valence-electron chi connectivity index (χ4n) is 2.68. The van der Waals surface area contributed by atoms with Gasteiger partial charge in [-0.3, -0.25) is 4.79 Å². The number of anilines is 1. The molecule has 0 fully saturated rings. The van der Waals surface area contributed by atoms with Crippen molar-refractivity contribution in [3.63, 3.8) is 0 Å². The highest BCUT2D eigenvalue weighted by molar-refractivity contribution is 5.79. The van der Waals surface area contributed by atoms with E-state index in [-0.39, 0.29) is 23.9 Å². The van der Waals surface area contributed by atoms with Gasteiger partial charge < -0.3 is 11.1 Å². The Morgan fingerprint density at radius 2 is 2.11 bits per heavy atom. The fourth-order valence-corrected chi connectivity index (χ4v) is 2.68. The summed E-state index contributed by atoms with van der Waals surface area (Å²) < 4.78 is 1.73. The number of nitrogens with zero attached hydrogens (tertiary/aromatic N) is 3. The Hall–Kier alpha value is -2.37. The molecule has 98 valence electrons. The van der Waals surface area contributed by atoms with Gasteiger partial charge in [-0.25, -0.2) is 4.68 Å². The third-order valence-electron chi connectivity index (χ3n) is 3.54. The highest BCUT2D eigenvalue weighted by atomic mass is 16.1. The Balaban J connectivity index is 2.14. The Bertz CT molecular complexity index is 594. The van der Waals surface area contributed by atoms with Gasteiger partial charge in [0.05, 0.1) is 12.0 Å². The third-order valence-corrected chi connectivity index (χ3v) is 3.54. The quantitative estimate of drug-likeness (QED) is 0.832. The molecule has 0 unspecified atom stereocenters. The number of aromatic nitrogens is 3. The second kappa shape index (κ2) is 4.38. The lowest BCUT2D eigenvalue weighted by Gasteiger charge is -2.35. The fraction of sp³-hybridized carbons (Fsp3) is 0.308. The van der Waals surface area contributed by atoms with E-state index in [0.717, 1.165) is 5.56 Å².